The SMILES string of the molecule is COc1cc(CCN)c(Cl)cc1C. The van der Waals surface area contributed by atoms with Crippen molar-refractivity contribution in [1.82, 2.24) is 0 Å². The van der Waals surface area contributed by atoms with E-state index < -0.39 is 0 Å². The van der Waals surface area contributed by atoms with Gasteiger partial charge in [-0.3, -0.25) is 0 Å². The lowest BCUT2D eigenvalue weighted by Crippen LogP contribution is -2.03. The van der Waals surface area contributed by atoms with Crippen molar-refractivity contribution in [2.24, 2.45) is 5.73 Å². The van der Waals surface area contributed by atoms with Crippen LogP contribution in [0.5, 0.6) is 5.75 Å². The summed E-state index contributed by atoms with van der Waals surface area (Å²) in [6.45, 7) is 2.57. The van der Waals surface area contributed by atoms with Crippen LogP contribution in [0.3, 0.4) is 0 Å². The Labute approximate surface area is 83.6 Å². The van der Waals surface area contributed by atoms with Crippen molar-refractivity contribution >= 4 is 11.6 Å². The lowest BCUT2D eigenvalue weighted by molar-refractivity contribution is 0.411. The molecule has 0 aliphatic rings. The highest BCUT2D eigenvalue weighted by atomic mass is 35.5. The molecule has 13 heavy (non-hydrogen) atoms. The number of aryl methyl sites for hydroxylation is 1. The van der Waals surface area contributed by atoms with E-state index in [9.17, 15) is 0 Å². The molecule has 0 spiro atoms. The van der Waals surface area contributed by atoms with Crippen LogP contribution in [0.15, 0.2) is 12.1 Å². The number of ether oxygens (including phenoxy) is 1. The molecule has 0 atom stereocenters. The van der Waals surface area contributed by atoms with Gasteiger partial charge < -0.3 is 10.5 Å². The third-order valence-electron chi connectivity index (χ3n) is 1.98. The molecule has 2 nitrogen and oxygen atoms in total. The van der Waals surface area contributed by atoms with Crippen LogP contribution in [-0.4, -0.2) is 13.7 Å². The maximum absolute atomic E-state index is 6.03. The van der Waals surface area contributed by atoms with Crippen molar-refractivity contribution in [2.45, 2.75) is 13.3 Å². The largest absolute Gasteiger partial charge is 0.496 e. The van der Waals surface area contributed by atoms with Gasteiger partial charge in [0.15, 0.2) is 0 Å². The molecule has 3 heteroatoms. The molecule has 0 saturated carbocycles. The minimum atomic E-state index is 0.603. The van der Waals surface area contributed by atoms with Gasteiger partial charge in [0.25, 0.3) is 0 Å². The highest BCUT2D eigenvalue weighted by Crippen LogP contribution is 2.26. The van der Waals surface area contributed by atoms with Gasteiger partial charge in [-0.15, -0.1) is 0 Å². The summed E-state index contributed by atoms with van der Waals surface area (Å²) in [5, 5.41) is 0.767. The van der Waals surface area contributed by atoms with E-state index in [1.807, 2.05) is 19.1 Å². The van der Waals surface area contributed by atoms with Crippen molar-refractivity contribution in [3.05, 3.63) is 28.3 Å². The van der Waals surface area contributed by atoms with E-state index in [0.29, 0.717) is 6.54 Å². The van der Waals surface area contributed by atoms with Crippen LogP contribution in [-0.2, 0) is 6.42 Å². The molecule has 0 saturated heterocycles. The highest BCUT2D eigenvalue weighted by molar-refractivity contribution is 6.31. The van der Waals surface area contributed by atoms with E-state index in [0.717, 1.165) is 28.3 Å². The first-order valence-electron chi connectivity index (χ1n) is 4.22. The monoisotopic (exact) mass is 199 g/mol. The summed E-state index contributed by atoms with van der Waals surface area (Å²) in [6.07, 6.45) is 0.787. The molecule has 1 aromatic rings. The topological polar surface area (TPSA) is 35.2 Å². The summed E-state index contributed by atoms with van der Waals surface area (Å²) in [6, 6.07) is 3.86. The number of hydrogen-bond acceptors (Lipinski definition) is 2. The number of benzene rings is 1. The van der Waals surface area contributed by atoms with E-state index in [1.54, 1.807) is 7.11 Å². The lowest BCUT2D eigenvalue weighted by atomic mass is 10.1. The fourth-order valence-corrected chi connectivity index (χ4v) is 1.57. The number of halogens is 1. The molecule has 1 aromatic carbocycles. The summed E-state index contributed by atoms with van der Waals surface area (Å²) >= 11 is 6.03. The van der Waals surface area contributed by atoms with Crippen molar-refractivity contribution in [3.8, 4) is 5.75 Å². The number of rotatable bonds is 3. The molecule has 0 amide bonds. The van der Waals surface area contributed by atoms with Gasteiger partial charge in [-0.2, -0.15) is 0 Å². The molecule has 0 heterocycles. The first-order valence-corrected chi connectivity index (χ1v) is 4.60. The molecule has 2 N–H and O–H groups in total. The van der Waals surface area contributed by atoms with Gasteiger partial charge in [0.1, 0.15) is 5.75 Å². The van der Waals surface area contributed by atoms with Crippen LogP contribution in [0.4, 0.5) is 0 Å². The second-order valence-electron chi connectivity index (χ2n) is 2.95. The van der Waals surface area contributed by atoms with E-state index in [4.69, 9.17) is 22.1 Å². The van der Waals surface area contributed by atoms with E-state index in [-0.39, 0.29) is 0 Å². The fourth-order valence-electron chi connectivity index (χ4n) is 1.26. The summed E-state index contributed by atoms with van der Waals surface area (Å²) in [5.74, 6) is 0.868. The van der Waals surface area contributed by atoms with Gasteiger partial charge in [0.05, 0.1) is 7.11 Å². The lowest BCUT2D eigenvalue weighted by Gasteiger charge is -2.09. The Kier molecular flexibility index (Phi) is 3.58. The van der Waals surface area contributed by atoms with E-state index >= 15 is 0 Å². The van der Waals surface area contributed by atoms with Crippen molar-refractivity contribution in [3.63, 3.8) is 0 Å². The average Bonchev–Trinajstić information content (AvgIpc) is 2.10. The summed E-state index contributed by atoms with van der Waals surface area (Å²) in [4.78, 5) is 0. The zero-order valence-corrected chi connectivity index (χ0v) is 8.69. The maximum Gasteiger partial charge on any atom is 0.122 e. The van der Waals surface area contributed by atoms with Gasteiger partial charge in [-0.25, -0.2) is 0 Å². The Balaban J connectivity index is 3.06. The molecule has 1 rings (SSSR count). The molecular weight excluding hydrogens is 186 g/mol. The average molecular weight is 200 g/mol. The second kappa shape index (κ2) is 4.49. The van der Waals surface area contributed by atoms with Gasteiger partial charge >= 0.3 is 0 Å². The number of hydrogen-bond donors (Lipinski definition) is 1. The van der Waals surface area contributed by atoms with Crippen molar-refractivity contribution in [2.75, 3.05) is 13.7 Å². The molecule has 72 valence electrons. The smallest absolute Gasteiger partial charge is 0.122 e. The Hall–Kier alpha value is -0.730. The summed E-state index contributed by atoms with van der Waals surface area (Å²) in [5.41, 5.74) is 7.56. The third-order valence-corrected chi connectivity index (χ3v) is 2.33. The Morgan fingerprint density at radius 3 is 2.69 bits per heavy atom. The van der Waals surface area contributed by atoms with Crippen LogP contribution in [0.2, 0.25) is 5.02 Å². The Morgan fingerprint density at radius 1 is 1.46 bits per heavy atom. The minimum Gasteiger partial charge on any atom is -0.496 e. The zero-order chi connectivity index (χ0) is 9.84. The van der Waals surface area contributed by atoms with Crippen LogP contribution in [0.1, 0.15) is 11.1 Å². The number of methoxy groups -OCH3 is 1. The zero-order valence-electron chi connectivity index (χ0n) is 7.93. The molecular formula is C10H14ClNO. The minimum absolute atomic E-state index is 0.603. The van der Waals surface area contributed by atoms with Crippen molar-refractivity contribution in [1.29, 1.82) is 0 Å². The van der Waals surface area contributed by atoms with Gasteiger partial charge in [0.2, 0.25) is 0 Å². The summed E-state index contributed by atoms with van der Waals surface area (Å²) in [7, 11) is 1.66. The fraction of sp³-hybridized carbons (Fsp3) is 0.400. The molecule has 0 aromatic heterocycles. The normalized spacial score (nSPS) is 10.2. The quantitative estimate of drug-likeness (QED) is 0.810. The second-order valence-corrected chi connectivity index (χ2v) is 3.36. The third kappa shape index (κ3) is 2.36. The van der Waals surface area contributed by atoms with Crippen LogP contribution < -0.4 is 10.5 Å². The first-order chi connectivity index (χ1) is 6.19. The van der Waals surface area contributed by atoms with Crippen LogP contribution in [0, 0.1) is 6.92 Å². The van der Waals surface area contributed by atoms with E-state index in [1.165, 1.54) is 0 Å². The van der Waals surface area contributed by atoms with E-state index in [2.05, 4.69) is 0 Å². The predicted octanol–water partition coefficient (Wildman–Crippen LogP) is 2.16. The van der Waals surface area contributed by atoms with Crippen molar-refractivity contribution < 1.29 is 4.74 Å². The summed E-state index contributed by atoms with van der Waals surface area (Å²) < 4.78 is 5.19. The molecule has 0 radical (unpaired) electrons. The maximum atomic E-state index is 6.03. The molecule has 0 bridgehead atoms. The molecule has 0 aliphatic heterocycles. The molecule has 0 fully saturated rings. The van der Waals surface area contributed by atoms with Crippen LogP contribution in [0.25, 0.3) is 0 Å². The molecule has 0 unspecified atom stereocenters. The first kappa shape index (κ1) is 10.4. The van der Waals surface area contributed by atoms with Gasteiger partial charge in [0, 0.05) is 5.02 Å². The van der Waals surface area contributed by atoms with Crippen LogP contribution >= 0.6 is 11.6 Å². The molecule has 0 aliphatic carbocycles. The van der Waals surface area contributed by atoms with Gasteiger partial charge in [-0.05, 0) is 43.1 Å². The standard InChI is InChI=1S/C10H14ClNO/c1-7-5-9(11)8(3-4-12)6-10(7)13-2/h5-6H,3-4,12H2,1-2H3. The van der Waals surface area contributed by atoms with Gasteiger partial charge in [-0.1, -0.05) is 11.6 Å². The predicted molar refractivity (Wildman–Crippen MR) is 55.5 cm³/mol. The Bertz CT molecular complexity index is 299. The highest BCUT2D eigenvalue weighted by Gasteiger charge is 2.05. The number of nitrogens with two attached hydrogens (primary N) is 1. The Morgan fingerprint density at radius 2 is 2.15 bits per heavy atom.